The van der Waals surface area contributed by atoms with E-state index in [0.29, 0.717) is 38.7 Å². The molecule has 0 radical (unpaired) electrons. The smallest absolute Gasteiger partial charge is 0.284 e. The highest BCUT2D eigenvalue weighted by molar-refractivity contribution is 7.14. The van der Waals surface area contributed by atoms with Gasteiger partial charge in [0, 0.05) is 17.1 Å². The number of rotatable bonds is 3. The minimum Gasteiger partial charge on any atom is -0.454 e. The van der Waals surface area contributed by atoms with Crippen LogP contribution in [0.4, 0.5) is 5.13 Å². The van der Waals surface area contributed by atoms with Gasteiger partial charge in [-0.15, -0.1) is 11.3 Å². The second-order valence-corrected chi connectivity index (χ2v) is 7.29. The Balaban J connectivity index is 1.61. The van der Waals surface area contributed by atoms with Crippen molar-refractivity contribution < 1.29 is 14.3 Å². The number of nitrogens with zero attached hydrogens (tertiary/aromatic N) is 3. The van der Waals surface area contributed by atoms with Crippen LogP contribution in [0.2, 0.25) is 5.02 Å². The number of halogens is 1. The maximum absolute atomic E-state index is 13.1. The molecule has 1 amide bonds. The van der Waals surface area contributed by atoms with Gasteiger partial charge in [-0.1, -0.05) is 29.8 Å². The maximum Gasteiger partial charge on any atom is 0.284 e. The lowest BCUT2D eigenvalue weighted by Gasteiger charge is -2.15. The van der Waals surface area contributed by atoms with Crippen molar-refractivity contribution in [3.05, 3.63) is 75.9 Å². The number of amidine groups is 1. The molecule has 0 aliphatic carbocycles. The lowest BCUT2D eigenvalue weighted by Crippen LogP contribution is -2.32. The van der Waals surface area contributed by atoms with Crippen molar-refractivity contribution >= 4 is 45.9 Å². The monoisotopic (exact) mass is 409 g/mol. The number of anilines is 1. The molecule has 0 fully saturated rings. The van der Waals surface area contributed by atoms with Gasteiger partial charge in [0.15, 0.2) is 22.5 Å². The number of benzene rings is 2. The molecule has 2 aromatic carbocycles. The van der Waals surface area contributed by atoms with Crippen LogP contribution in [-0.2, 0) is 4.79 Å². The molecule has 0 spiro atoms. The topological polar surface area (TPSA) is 64.0 Å². The molecule has 1 aromatic heterocycles. The van der Waals surface area contributed by atoms with E-state index in [4.69, 9.17) is 21.1 Å². The van der Waals surface area contributed by atoms with Gasteiger partial charge in [-0.2, -0.15) is 0 Å². The van der Waals surface area contributed by atoms with E-state index in [-0.39, 0.29) is 12.7 Å². The summed E-state index contributed by atoms with van der Waals surface area (Å²) in [5, 5.41) is 2.87. The number of amides is 1. The van der Waals surface area contributed by atoms with Crippen molar-refractivity contribution in [2.75, 3.05) is 11.7 Å². The van der Waals surface area contributed by atoms with Crippen LogP contribution in [0.25, 0.3) is 6.08 Å². The fourth-order valence-corrected chi connectivity index (χ4v) is 3.86. The second-order valence-electron chi connectivity index (χ2n) is 6.01. The Bertz CT molecular complexity index is 1140. The molecular weight excluding hydrogens is 398 g/mol. The van der Waals surface area contributed by atoms with Gasteiger partial charge >= 0.3 is 0 Å². The maximum atomic E-state index is 13.1. The molecule has 0 unspecified atom stereocenters. The van der Waals surface area contributed by atoms with Crippen molar-refractivity contribution in [3.8, 4) is 11.5 Å². The molecule has 2 aliphatic rings. The first kappa shape index (κ1) is 17.0. The summed E-state index contributed by atoms with van der Waals surface area (Å²) in [5.41, 5.74) is 1.75. The van der Waals surface area contributed by atoms with E-state index in [1.54, 1.807) is 18.3 Å². The molecule has 8 heteroatoms. The fraction of sp³-hybridized carbons (Fsp3) is 0.0500. The fourth-order valence-electron chi connectivity index (χ4n) is 3.00. The van der Waals surface area contributed by atoms with Gasteiger partial charge < -0.3 is 9.47 Å². The highest BCUT2D eigenvalue weighted by Crippen LogP contribution is 2.35. The van der Waals surface area contributed by atoms with Crippen LogP contribution in [0.1, 0.15) is 11.1 Å². The molecule has 0 atom stereocenters. The van der Waals surface area contributed by atoms with Crippen molar-refractivity contribution in [2.24, 2.45) is 4.99 Å². The van der Waals surface area contributed by atoms with Crippen LogP contribution in [-0.4, -0.2) is 23.5 Å². The highest BCUT2D eigenvalue weighted by atomic mass is 35.5. The zero-order chi connectivity index (χ0) is 19.1. The number of carbonyl (C=O) groups is 1. The van der Waals surface area contributed by atoms with Crippen LogP contribution < -0.4 is 14.4 Å². The van der Waals surface area contributed by atoms with E-state index < -0.39 is 0 Å². The summed E-state index contributed by atoms with van der Waals surface area (Å²) in [6.45, 7) is 0.195. The molecule has 0 bridgehead atoms. The van der Waals surface area contributed by atoms with Crippen LogP contribution in [0.3, 0.4) is 0 Å². The summed E-state index contributed by atoms with van der Waals surface area (Å²) in [6, 6.07) is 12.8. The first-order chi connectivity index (χ1) is 13.7. The standard InChI is InChI=1S/C20H12ClN3O3S/c21-14-4-2-1-3-13(14)18-23-15(19(25)24(18)20-22-7-8-28-20)9-12-5-6-16-17(10-12)27-11-26-16/h1-10H,11H2/b15-9+. The van der Waals surface area contributed by atoms with E-state index in [1.165, 1.54) is 16.2 Å². The molecule has 6 nitrogen and oxygen atoms in total. The highest BCUT2D eigenvalue weighted by Gasteiger charge is 2.34. The summed E-state index contributed by atoms with van der Waals surface area (Å²) in [7, 11) is 0. The average molecular weight is 410 g/mol. The number of ether oxygens (including phenoxy) is 2. The third-order valence-electron chi connectivity index (χ3n) is 4.29. The van der Waals surface area contributed by atoms with Crippen LogP contribution in [0, 0.1) is 0 Å². The van der Waals surface area contributed by atoms with Crippen molar-refractivity contribution in [2.45, 2.75) is 0 Å². The van der Waals surface area contributed by atoms with Gasteiger partial charge in [-0.05, 0) is 35.9 Å². The number of hydrogen-bond donors (Lipinski definition) is 0. The average Bonchev–Trinajstić information content (AvgIpc) is 3.43. The number of aliphatic imine (C=N–C) groups is 1. The van der Waals surface area contributed by atoms with Crippen molar-refractivity contribution in [1.29, 1.82) is 0 Å². The van der Waals surface area contributed by atoms with E-state index >= 15 is 0 Å². The Morgan fingerprint density at radius 3 is 2.82 bits per heavy atom. The van der Waals surface area contributed by atoms with Crippen molar-refractivity contribution in [3.63, 3.8) is 0 Å². The normalized spacial score (nSPS) is 16.8. The molecule has 5 rings (SSSR count). The molecule has 138 valence electrons. The molecule has 28 heavy (non-hydrogen) atoms. The summed E-state index contributed by atoms with van der Waals surface area (Å²) in [4.78, 5) is 23.5. The number of aromatic nitrogens is 1. The second kappa shape index (κ2) is 6.78. The molecule has 0 saturated heterocycles. The van der Waals surface area contributed by atoms with E-state index in [2.05, 4.69) is 9.98 Å². The number of thiazole rings is 1. The summed E-state index contributed by atoms with van der Waals surface area (Å²) < 4.78 is 10.7. The van der Waals surface area contributed by atoms with Gasteiger partial charge in [0.2, 0.25) is 6.79 Å². The Morgan fingerprint density at radius 1 is 1.14 bits per heavy atom. The van der Waals surface area contributed by atoms with Crippen LogP contribution in [0.5, 0.6) is 11.5 Å². The van der Waals surface area contributed by atoms with Gasteiger partial charge in [-0.25, -0.2) is 14.9 Å². The minimum absolute atomic E-state index is 0.195. The number of fused-ring (bicyclic) bond motifs is 1. The zero-order valence-electron chi connectivity index (χ0n) is 14.3. The Labute approximate surface area is 169 Å². The Hall–Kier alpha value is -3.16. The van der Waals surface area contributed by atoms with Gasteiger partial charge in [0.25, 0.3) is 5.91 Å². The van der Waals surface area contributed by atoms with E-state index in [0.717, 1.165) is 5.56 Å². The predicted octanol–water partition coefficient (Wildman–Crippen LogP) is 4.36. The zero-order valence-corrected chi connectivity index (χ0v) is 15.9. The Kier molecular flexibility index (Phi) is 4.11. The van der Waals surface area contributed by atoms with Crippen molar-refractivity contribution in [1.82, 2.24) is 4.98 Å². The predicted molar refractivity (Wildman–Crippen MR) is 108 cm³/mol. The number of hydrogen-bond acceptors (Lipinski definition) is 6. The minimum atomic E-state index is -0.262. The molecule has 3 aromatic rings. The lowest BCUT2D eigenvalue weighted by molar-refractivity contribution is -0.113. The van der Waals surface area contributed by atoms with Gasteiger partial charge in [0.1, 0.15) is 5.70 Å². The summed E-state index contributed by atoms with van der Waals surface area (Å²) in [6.07, 6.45) is 3.37. The first-order valence-corrected chi connectivity index (χ1v) is 9.65. The third kappa shape index (κ3) is 2.85. The van der Waals surface area contributed by atoms with E-state index in [9.17, 15) is 4.79 Å². The SMILES string of the molecule is O=C1/C(=C\c2ccc3c(c2)OCO3)N=C(c2ccccc2Cl)N1c1nccs1. The lowest BCUT2D eigenvalue weighted by atomic mass is 10.1. The molecule has 3 heterocycles. The number of carbonyl (C=O) groups excluding carboxylic acids is 1. The Morgan fingerprint density at radius 2 is 2.00 bits per heavy atom. The van der Waals surface area contributed by atoms with E-state index in [1.807, 2.05) is 41.8 Å². The quantitative estimate of drug-likeness (QED) is 0.603. The van der Waals surface area contributed by atoms with Crippen LogP contribution >= 0.6 is 22.9 Å². The summed E-state index contributed by atoms with van der Waals surface area (Å²) >= 11 is 7.72. The van der Waals surface area contributed by atoms with Gasteiger partial charge in [0.05, 0.1) is 5.02 Å². The third-order valence-corrected chi connectivity index (χ3v) is 5.37. The molecule has 0 N–H and O–H groups in total. The molecule has 2 aliphatic heterocycles. The van der Waals surface area contributed by atoms with Gasteiger partial charge in [-0.3, -0.25) is 4.79 Å². The molecule has 0 saturated carbocycles. The van der Waals surface area contributed by atoms with Crippen LogP contribution in [0.15, 0.2) is 64.7 Å². The molecular formula is C20H12ClN3O3S. The largest absolute Gasteiger partial charge is 0.454 e. The first-order valence-electron chi connectivity index (χ1n) is 8.39. The summed E-state index contributed by atoms with van der Waals surface area (Å²) in [5.74, 6) is 1.52.